The maximum absolute atomic E-state index is 10.5. The number of fused-ring (bicyclic) bond motifs is 1. The highest BCUT2D eigenvalue weighted by Crippen LogP contribution is 2.29. The van der Waals surface area contributed by atoms with Gasteiger partial charge in [0, 0.05) is 25.8 Å². The summed E-state index contributed by atoms with van der Waals surface area (Å²) >= 11 is 0. The largest absolute Gasteiger partial charge is 0.388 e. The summed E-state index contributed by atoms with van der Waals surface area (Å²) in [5.74, 6) is 0. The van der Waals surface area contributed by atoms with E-state index in [2.05, 4.69) is 35.0 Å². The molecule has 0 spiro atoms. The molecule has 1 atom stereocenters. The summed E-state index contributed by atoms with van der Waals surface area (Å²) in [7, 11) is 2.16. The summed E-state index contributed by atoms with van der Waals surface area (Å²) in [4.78, 5) is 4.82. The molecule has 3 nitrogen and oxygen atoms in total. The van der Waals surface area contributed by atoms with Gasteiger partial charge in [-0.05, 0) is 62.4 Å². The van der Waals surface area contributed by atoms with Crippen LogP contribution in [0.2, 0.25) is 0 Å². The number of hydrogen-bond donors (Lipinski definition) is 1. The molecule has 0 radical (unpaired) electrons. The SMILES string of the molecule is CN1CCCc2cc(C(O)CCN3CCCCC3)ccc21. The number of rotatable bonds is 4. The first kappa shape index (κ1) is 14.9. The van der Waals surface area contributed by atoms with E-state index in [4.69, 9.17) is 0 Å². The molecule has 3 heteroatoms. The second-order valence-electron chi connectivity index (χ2n) is 6.62. The lowest BCUT2D eigenvalue weighted by molar-refractivity contribution is 0.134. The lowest BCUT2D eigenvalue weighted by Crippen LogP contribution is -2.31. The number of aliphatic hydroxyl groups excluding tert-OH is 1. The van der Waals surface area contributed by atoms with E-state index < -0.39 is 0 Å². The van der Waals surface area contributed by atoms with E-state index in [-0.39, 0.29) is 6.10 Å². The molecular formula is C18H28N2O. The second-order valence-corrected chi connectivity index (χ2v) is 6.62. The number of nitrogens with zero attached hydrogens (tertiary/aromatic N) is 2. The molecule has 2 aliphatic rings. The molecule has 1 saturated heterocycles. The van der Waals surface area contributed by atoms with Crippen LogP contribution < -0.4 is 4.90 Å². The third kappa shape index (κ3) is 3.58. The van der Waals surface area contributed by atoms with Crippen LogP contribution in [0.25, 0.3) is 0 Å². The van der Waals surface area contributed by atoms with Crippen molar-refractivity contribution in [1.82, 2.24) is 4.90 Å². The quantitative estimate of drug-likeness (QED) is 0.922. The zero-order valence-electron chi connectivity index (χ0n) is 13.2. The number of anilines is 1. The predicted octanol–water partition coefficient (Wildman–Crippen LogP) is 2.98. The summed E-state index contributed by atoms with van der Waals surface area (Å²) in [6, 6.07) is 6.53. The van der Waals surface area contributed by atoms with Crippen LogP contribution >= 0.6 is 0 Å². The van der Waals surface area contributed by atoms with Crippen molar-refractivity contribution in [3.8, 4) is 0 Å². The zero-order valence-corrected chi connectivity index (χ0v) is 13.2. The highest BCUT2D eigenvalue weighted by atomic mass is 16.3. The molecule has 0 aromatic heterocycles. The Morgan fingerprint density at radius 3 is 2.71 bits per heavy atom. The van der Waals surface area contributed by atoms with Crippen molar-refractivity contribution < 1.29 is 5.11 Å². The Bertz CT molecular complexity index is 468. The Labute approximate surface area is 128 Å². The smallest absolute Gasteiger partial charge is 0.0802 e. The minimum atomic E-state index is -0.315. The number of aryl methyl sites for hydroxylation is 1. The van der Waals surface area contributed by atoms with Crippen molar-refractivity contribution in [2.45, 2.75) is 44.6 Å². The van der Waals surface area contributed by atoms with E-state index in [1.54, 1.807) is 0 Å². The molecule has 2 aliphatic heterocycles. The first-order valence-corrected chi connectivity index (χ1v) is 8.48. The van der Waals surface area contributed by atoms with Crippen molar-refractivity contribution in [3.05, 3.63) is 29.3 Å². The van der Waals surface area contributed by atoms with Gasteiger partial charge in [0.15, 0.2) is 0 Å². The summed E-state index contributed by atoms with van der Waals surface area (Å²) in [5.41, 5.74) is 3.84. The molecule has 3 rings (SSSR count). The van der Waals surface area contributed by atoms with Gasteiger partial charge in [0.1, 0.15) is 0 Å². The van der Waals surface area contributed by atoms with Gasteiger partial charge in [0.05, 0.1) is 6.10 Å². The number of benzene rings is 1. The molecule has 21 heavy (non-hydrogen) atoms. The van der Waals surface area contributed by atoms with Crippen molar-refractivity contribution in [1.29, 1.82) is 0 Å². The Kier molecular flexibility index (Phi) is 4.81. The van der Waals surface area contributed by atoms with Gasteiger partial charge in [-0.15, -0.1) is 0 Å². The Morgan fingerprint density at radius 2 is 1.90 bits per heavy atom. The maximum atomic E-state index is 10.5. The molecule has 1 aromatic carbocycles. The van der Waals surface area contributed by atoms with Crippen molar-refractivity contribution in [2.24, 2.45) is 0 Å². The summed E-state index contributed by atoms with van der Waals surface area (Å²) in [6.45, 7) is 4.59. The van der Waals surface area contributed by atoms with Crippen LogP contribution in [0, 0.1) is 0 Å². The van der Waals surface area contributed by atoms with Gasteiger partial charge in [-0.2, -0.15) is 0 Å². The number of likely N-dealkylation sites (tertiary alicyclic amines) is 1. The minimum Gasteiger partial charge on any atom is -0.388 e. The van der Waals surface area contributed by atoms with Gasteiger partial charge in [0.25, 0.3) is 0 Å². The molecular weight excluding hydrogens is 260 g/mol. The fourth-order valence-corrected chi connectivity index (χ4v) is 3.67. The fourth-order valence-electron chi connectivity index (χ4n) is 3.67. The number of aliphatic hydroxyl groups is 1. The Morgan fingerprint density at radius 1 is 1.10 bits per heavy atom. The van der Waals surface area contributed by atoms with Crippen LogP contribution in [0.1, 0.15) is 49.3 Å². The zero-order chi connectivity index (χ0) is 14.7. The van der Waals surface area contributed by atoms with E-state index >= 15 is 0 Å². The first-order valence-electron chi connectivity index (χ1n) is 8.48. The van der Waals surface area contributed by atoms with E-state index in [9.17, 15) is 5.11 Å². The summed E-state index contributed by atoms with van der Waals surface area (Å²) in [6.07, 6.45) is 6.92. The summed E-state index contributed by atoms with van der Waals surface area (Å²) < 4.78 is 0. The highest BCUT2D eigenvalue weighted by molar-refractivity contribution is 5.56. The monoisotopic (exact) mass is 288 g/mol. The van der Waals surface area contributed by atoms with Crippen LogP contribution in [0.15, 0.2) is 18.2 Å². The second kappa shape index (κ2) is 6.80. The molecule has 1 N–H and O–H groups in total. The summed E-state index contributed by atoms with van der Waals surface area (Å²) in [5, 5.41) is 10.5. The molecule has 0 bridgehead atoms. The molecule has 0 saturated carbocycles. The fraction of sp³-hybridized carbons (Fsp3) is 0.667. The average molecular weight is 288 g/mol. The van der Waals surface area contributed by atoms with Gasteiger partial charge in [-0.1, -0.05) is 18.6 Å². The first-order chi connectivity index (χ1) is 10.2. The predicted molar refractivity (Wildman–Crippen MR) is 87.9 cm³/mol. The van der Waals surface area contributed by atoms with Gasteiger partial charge in [-0.3, -0.25) is 0 Å². The van der Waals surface area contributed by atoms with Crippen molar-refractivity contribution >= 4 is 5.69 Å². The van der Waals surface area contributed by atoms with Gasteiger partial charge >= 0.3 is 0 Å². The normalized spacial score (nSPS) is 21.1. The molecule has 1 unspecified atom stereocenters. The van der Waals surface area contributed by atoms with Crippen LogP contribution in [0.3, 0.4) is 0 Å². The topological polar surface area (TPSA) is 26.7 Å². The van der Waals surface area contributed by atoms with Gasteiger partial charge in [0.2, 0.25) is 0 Å². The van der Waals surface area contributed by atoms with E-state index in [1.165, 1.54) is 50.0 Å². The minimum absolute atomic E-state index is 0.315. The number of hydrogen-bond acceptors (Lipinski definition) is 3. The standard InChI is InChI=1S/C18H28N2O/c1-19-10-5-6-15-14-16(7-8-17(15)19)18(21)9-13-20-11-3-2-4-12-20/h7-8,14,18,21H,2-6,9-13H2,1H3. The third-order valence-corrected chi connectivity index (χ3v) is 5.01. The van der Waals surface area contributed by atoms with Gasteiger partial charge in [-0.25, -0.2) is 0 Å². The molecule has 1 fully saturated rings. The lowest BCUT2D eigenvalue weighted by Gasteiger charge is -2.29. The molecule has 0 amide bonds. The number of piperidine rings is 1. The third-order valence-electron chi connectivity index (χ3n) is 5.01. The molecule has 116 valence electrons. The highest BCUT2D eigenvalue weighted by Gasteiger charge is 2.17. The van der Waals surface area contributed by atoms with Crippen LogP contribution in [-0.2, 0) is 6.42 Å². The van der Waals surface area contributed by atoms with Crippen LogP contribution in [0.4, 0.5) is 5.69 Å². The van der Waals surface area contributed by atoms with Crippen molar-refractivity contribution in [3.63, 3.8) is 0 Å². The van der Waals surface area contributed by atoms with E-state index in [0.29, 0.717) is 0 Å². The Hall–Kier alpha value is -1.06. The van der Waals surface area contributed by atoms with Crippen LogP contribution in [-0.4, -0.2) is 43.2 Å². The van der Waals surface area contributed by atoms with Crippen molar-refractivity contribution in [2.75, 3.05) is 38.1 Å². The van der Waals surface area contributed by atoms with E-state index in [0.717, 1.165) is 31.5 Å². The molecule has 0 aliphatic carbocycles. The lowest BCUT2D eigenvalue weighted by atomic mass is 9.96. The average Bonchev–Trinajstić information content (AvgIpc) is 2.53. The van der Waals surface area contributed by atoms with Crippen LogP contribution in [0.5, 0.6) is 0 Å². The molecule has 1 aromatic rings. The maximum Gasteiger partial charge on any atom is 0.0802 e. The molecule has 2 heterocycles. The Balaban J connectivity index is 1.60. The van der Waals surface area contributed by atoms with E-state index in [1.807, 2.05) is 0 Å². The van der Waals surface area contributed by atoms with Gasteiger partial charge < -0.3 is 14.9 Å².